The fourth-order valence-electron chi connectivity index (χ4n) is 1.73. The molecule has 0 aromatic carbocycles. The summed E-state index contributed by atoms with van der Waals surface area (Å²) in [6.45, 7) is 3.28. The molecule has 0 spiro atoms. The van der Waals surface area contributed by atoms with Crippen molar-refractivity contribution in [3.63, 3.8) is 0 Å². The van der Waals surface area contributed by atoms with E-state index in [0.29, 0.717) is 6.04 Å². The molecular weight excluding hydrogens is 314 g/mol. The minimum Gasteiger partial charge on any atom is -0.309 e. The number of nitrogens with one attached hydrogen (secondary N) is 1. The van der Waals surface area contributed by atoms with Crippen LogP contribution in [0.2, 0.25) is 0 Å². The Bertz CT molecular complexity index is 436. The van der Waals surface area contributed by atoms with Crippen molar-refractivity contribution >= 4 is 38.6 Å². The van der Waals surface area contributed by atoms with E-state index in [4.69, 9.17) is 0 Å². The Kier molecular flexibility index (Phi) is 5.22. The van der Waals surface area contributed by atoms with Gasteiger partial charge in [0.25, 0.3) is 0 Å². The summed E-state index contributed by atoms with van der Waals surface area (Å²) in [5.74, 6) is 0. The van der Waals surface area contributed by atoms with E-state index >= 15 is 0 Å². The van der Waals surface area contributed by atoms with Gasteiger partial charge in [0, 0.05) is 32.1 Å². The van der Waals surface area contributed by atoms with Gasteiger partial charge in [0.1, 0.15) is 0 Å². The van der Waals surface area contributed by atoms with Crippen molar-refractivity contribution in [3.05, 3.63) is 43.2 Å². The lowest BCUT2D eigenvalue weighted by Crippen LogP contribution is -2.22. The minimum absolute atomic E-state index is 0.449. The third kappa shape index (κ3) is 3.91. The highest BCUT2D eigenvalue weighted by Gasteiger charge is 2.14. The predicted molar refractivity (Wildman–Crippen MR) is 81.1 cm³/mol. The fourth-order valence-corrected chi connectivity index (χ4v) is 4.01. The van der Waals surface area contributed by atoms with Crippen LogP contribution in [0.25, 0.3) is 0 Å². The van der Waals surface area contributed by atoms with Crippen LogP contribution >= 0.6 is 38.6 Å². The number of hydrogen-bond donors (Lipinski definition) is 1. The Labute approximate surface area is 119 Å². The van der Waals surface area contributed by atoms with Crippen LogP contribution in [0.1, 0.15) is 29.1 Å². The molecule has 0 fully saturated rings. The lowest BCUT2D eigenvalue weighted by molar-refractivity contribution is 0.539. The second-order valence-corrected chi connectivity index (χ2v) is 6.85. The van der Waals surface area contributed by atoms with Crippen molar-refractivity contribution in [1.29, 1.82) is 0 Å². The Morgan fingerprint density at radius 2 is 2.29 bits per heavy atom. The van der Waals surface area contributed by atoms with E-state index in [2.05, 4.69) is 57.1 Å². The lowest BCUT2D eigenvalue weighted by Gasteiger charge is -2.16. The van der Waals surface area contributed by atoms with Gasteiger partial charge in [-0.15, -0.1) is 22.7 Å². The summed E-state index contributed by atoms with van der Waals surface area (Å²) in [7, 11) is 0. The van der Waals surface area contributed by atoms with E-state index in [1.54, 1.807) is 0 Å². The third-order valence-electron chi connectivity index (χ3n) is 2.56. The van der Waals surface area contributed by atoms with E-state index in [-0.39, 0.29) is 0 Å². The molecule has 0 saturated carbocycles. The standard InChI is InChI=1S/C13H16BrNS2/c1-2-5-15-12(8-11-4-3-6-16-11)13-7-10(14)9-17-13/h3-4,6-7,9,12,15H,2,5,8H2,1H3. The molecule has 0 radical (unpaired) electrons. The summed E-state index contributed by atoms with van der Waals surface area (Å²) in [5, 5.41) is 7.94. The summed E-state index contributed by atoms with van der Waals surface area (Å²) >= 11 is 7.20. The van der Waals surface area contributed by atoms with Gasteiger partial charge in [0.15, 0.2) is 0 Å². The molecule has 0 amide bonds. The van der Waals surface area contributed by atoms with Gasteiger partial charge in [0.05, 0.1) is 0 Å². The van der Waals surface area contributed by atoms with Gasteiger partial charge in [-0.25, -0.2) is 0 Å². The molecule has 0 saturated heterocycles. The van der Waals surface area contributed by atoms with Crippen LogP contribution in [0.15, 0.2) is 33.4 Å². The molecule has 2 heterocycles. The Morgan fingerprint density at radius 1 is 1.41 bits per heavy atom. The number of hydrogen-bond acceptors (Lipinski definition) is 3. The van der Waals surface area contributed by atoms with Gasteiger partial charge < -0.3 is 5.32 Å². The Balaban J connectivity index is 2.07. The molecular formula is C13H16BrNS2. The van der Waals surface area contributed by atoms with Crippen LogP contribution < -0.4 is 5.32 Å². The second kappa shape index (κ2) is 6.69. The maximum absolute atomic E-state index is 3.63. The maximum Gasteiger partial charge on any atom is 0.0464 e. The molecule has 92 valence electrons. The van der Waals surface area contributed by atoms with Crippen molar-refractivity contribution in [2.24, 2.45) is 0 Å². The fraction of sp³-hybridized carbons (Fsp3) is 0.385. The average molecular weight is 330 g/mol. The molecule has 1 atom stereocenters. The molecule has 4 heteroatoms. The highest BCUT2D eigenvalue weighted by molar-refractivity contribution is 9.10. The van der Waals surface area contributed by atoms with E-state index in [0.717, 1.165) is 13.0 Å². The van der Waals surface area contributed by atoms with Gasteiger partial charge >= 0.3 is 0 Å². The summed E-state index contributed by atoms with van der Waals surface area (Å²) in [5.41, 5.74) is 0. The lowest BCUT2D eigenvalue weighted by atomic mass is 10.1. The zero-order chi connectivity index (χ0) is 12.1. The molecule has 2 aromatic rings. The Morgan fingerprint density at radius 3 is 2.88 bits per heavy atom. The van der Waals surface area contributed by atoms with Gasteiger partial charge in [0.2, 0.25) is 0 Å². The van der Waals surface area contributed by atoms with E-state index in [1.165, 1.54) is 20.6 Å². The third-order valence-corrected chi connectivity index (χ3v) is 5.26. The van der Waals surface area contributed by atoms with Crippen molar-refractivity contribution in [2.45, 2.75) is 25.8 Å². The topological polar surface area (TPSA) is 12.0 Å². The first-order valence-electron chi connectivity index (χ1n) is 5.79. The van der Waals surface area contributed by atoms with E-state index in [1.807, 2.05) is 22.7 Å². The molecule has 0 aliphatic rings. The van der Waals surface area contributed by atoms with Crippen LogP contribution in [0.3, 0.4) is 0 Å². The van der Waals surface area contributed by atoms with Gasteiger partial charge in [-0.3, -0.25) is 0 Å². The van der Waals surface area contributed by atoms with Gasteiger partial charge in [-0.2, -0.15) is 0 Å². The maximum atomic E-state index is 3.63. The molecule has 1 unspecified atom stereocenters. The summed E-state index contributed by atoms with van der Waals surface area (Å²) in [4.78, 5) is 2.86. The summed E-state index contributed by atoms with van der Waals surface area (Å²) in [6, 6.07) is 7.02. The zero-order valence-electron chi connectivity index (χ0n) is 9.78. The molecule has 1 N–H and O–H groups in total. The highest BCUT2D eigenvalue weighted by Crippen LogP contribution is 2.28. The van der Waals surface area contributed by atoms with Crippen LogP contribution in [0.5, 0.6) is 0 Å². The van der Waals surface area contributed by atoms with Crippen LogP contribution in [-0.4, -0.2) is 6.54 Å². The van der Waals surface area contributed by atoms with Crippen molar-refractivity contribution < 1.29 is 0 Å². The number of rotatable bonds is 6. The quantitative estimate of drug-likeness (QED) is 0.798. The van der Waals surface area contributed by atoms with Crippen molar-refractivity contribution in [3.8, 4) is 0 Å². The molecule has 2 rings (SSSR count). The first-order valence-corrected chi connectivity index (χ1v) is 8.34. The number of thiophene rings is 2. The Hall–Kier alpha value is -0.160. The molecule has 0 aliphatic heterocycles. The smallest absolute Gasteiger partial charge is 0.0464 e. The normalized spacial score (nSPS) is 12.8. The van der Waals surface area contributed by atoms with E-state index < -0.39 is 0 Å². The first-order chi connectivity index (χ1) is 8.29. The predicted octanol–water partition coefficient (Wildman–Crippen LogP) is 4.86. The molecule has 2 aromatic heterocycles. The average Bonchev–Trinajstić information content (AvgIpc) is 2.95. The largest absolute Gasteiger partial charge is 0.309 e. The highest BCUT2D eigenvalue weighted by atomic mass is 79.9. The summed E-state index contributed by atoms with van der Waals surface area (Å²) < 4.78 is 1.19. The monoisotopic (exact) mass is 329 g/mol. The second-order valence-electron chi connectivity index (χ2n) is 3.96. The molecule has 1 nitrogen and oxygen atoms in total. The molecule has 0 aliphatic carbocycles. The molecule has 0 bridgehead atoms. The molecule has 17 heavy (non-hydrogen) atoms. The minimum atomic E-state index is 0.449. The first kappa shape index (κ1) is 13.3. The van der Waals surface area contributed by atoms with Crippen LogP contribution in [0.4, 0.5) is 0 Å². The van der Waals surface area contributed by atoms with Crippen LogP contribution in [-0.2, 0) is 6.42 Å². The van der Waals surface area contributed by atoms with Crippen molar-refractivity contribution in [2.75, 3.05) is 6.54 Å². The van der Waals surface area contributed by atoms with Crippen molar-refractivity contribution in [1.82, 2.24) is 5.32 Å². The van der Waals surface area contributed by atoms with Gasteiger partial charge in [-0.05, 0) is 46.4 Å². The zero-order valence-corrected chi connectivity index (χ0v) is 13.0. The van der Waals surface area contributed by atoms with Crippen LogP contribution in [0, 0.1) is 0 Å². The SMILES string of the molecule is CCCNC(Cc1cccs1)c1cc(Br)cs1. The van der Waals surface area contributed by atoms with Gasteiger partial charge in [-0.1, -0.05) is 13.0 Å². The van der Waals surface area contributed by atoms with E-state index in [9.17, 15) is 0 Å². The number of halogens is 1. The summed E-state index contributed by atoms with van der Waals surface area (Å²) in [6.07, 6.45) is 2.26.